The Hall–Kier alpha value is -0.370. The molecule has 4 rings (SSSR count). The minimum Gasteiger partial charge on any atom is -0.298 e. The van der Waals surface area contributed by atoms with Gasteiger partial charge in [0.1, 0.15) is 0 Å². The lowest BCUT2D eigenvalue weighted by Gasteiger charge is -2.40. The standard InChI is InChI=1S/C10H15NO/c1-11-5-7-4-6-2-3-8(7)9(11)10(6)12/h6-9H,2-5H2,1H3/t6-,7-,8-,9+/m0/s1. The SMILES string of the molecule is CN1C[C@@H]2C[C@@H]3CC[C@@H]2[C@@H]1C3=O. The molecule has 0 radical (unpaired) electrons. The first-order valence-electron chi connectivity index (χ1n) is 5.01. The average molecular weight is 165 g/mol. The molecule has 1 aliphatic heterocycles. The molecule has 2 heteroatoms. The summed E-state index contributed by atoms with van der Waals surface area (Å²) in [7, 11) is 2.11. The largest absolute Gasteiger partial charge is 0.298 e. The van der Waals surface area contributed by atoms with Crippen molar-refractivity contribution in [3.8, 4) is 0 Å². The molecule has 0 spiro atoms. The Morgan fingerprint density at radius 3 is 3.00 bits per heavy atom. The van der Waals surface area contributed by atoms with Crippen LogP contribution in [0.3, 0.4) is 0 Å². The van der Waals surface area contributed by atoms with Crippen molar-refractivity contribution in [2.75, 3.05) is 13.6 Å². The molecule has 0 aromatic rings. The molecule has 1 saturated heterocycles. The highest BCUT2D eigenvalue weighted by Crippen LogP contribution is 2.49. The van der Waals surface area contributed by atoms with Gasteiger partial charge in [-0.2, -0.15) is 0 Å². The van der Waals surface area contributed by atoms with E-state index < -0.39 is 0 Å². The lowest BCUT2D eigenvalue weighted by molar-refractivity contribution is -0.134. The van der Waals surface area contributed by atoms with Crippen LogP contribution in [-0.4, -0.2) is 30.3 Å². The molecule has 3 saturated carbocycles. The van der Waals surface area contributed by atoms with Crippen LogP contribution in [0.2, 0.25) is 0 Å². The van der Waals surface area contributed by atoms with Crippen molar-refractivity contribution < 1.29 is 4.79 Å². The molecule has 4 atom stereocenters. The van der Waals surface area contributed by atoms with Gasteiger partial charge in [-0.3, -0.25) is 9.69 Å². The second-order valence-corrected chi connectivity index (χ2v) is 4.72. The topological polar surface area (TPSA) is 20.3 Å². The monoisotopic (exact) mass is 165 g/mol. The predicted molar refractivity (Wildman–Crippen MR) is 45.7 cm³/mol. The number of hydrogen-bond donors (Lipinski definition) is 0. The quantitative estimate of drug-likeness (QED) is 0.532. The number of rotatable bonds is 0. The summed E-state index contributed by atoms with van der Waals surface area (Å²) in [6.45, 7) is 1.18. The summed E-state index contributed by atoms with van der Waals surface area (Å²) in [5, 5.41) is 0. The minimum atomic E-state index is 0.322. The van der Waals surface area contributed by atoms with Crippen LogP contribution in [0.5, 0.6) is 0 Å². The molecule has 0 amide bonds. The molecular formula is C10H15NO. The van der Waals surface area contributed by atoms with Gasteiger partial charge in [0.05, 0.1) is 6.04 Å². The summed E-state index contributed by atoms with van der Waals surface area (Å²) >= 11 is 0. The second-order valence-electron chi connectivity index (χ2n) is 4.72. The first-order valence-corrected chi connectivity index (χ1v) is 5.01. The van der Waals surface area contributed by atoms with Crippen LogP contribution >= 0.6 is 0 Å². The van der Waals surface area contributed by atoms with Crippen LogP contribution in [-0.2, 0) is 4.79 Å². The number of fused-ring (bicyclic) bond motifs is 1. The van der Waals surface area contributed by atoms with Gasteiger partial charge in [0.25, 0.3) is 0 Å². The number of nitrogens with zero attached hydrogens (tertiary/aromatic N) is 1. The van der Waals surface area contributed by atoms with Gasteiger partial charge < -0.3 is 0 Å². The fourth-order valence-electron chi connectivity index (χ4n) is 3.65. The molecule has 0 N–H and O–H groups in total. The van der Waals surface area contributed by atoms with E-state index in [0.29, 0.717) is 17.7 Å². The van der Waals surface area contributed by atoms with Crippen LogP contribution in [0.25, 0.3) is 0 Å². The normalized spacial score (nSPS) is 51.9. The smallest absolute Gasteiger partial charge is 0.153 e. The molecule has 0 unspecified atom stereocenters. The average Bonchev–Trinajstić information content (AvgIpc) is 2.33. The number of hydrogen-bond acceptors (Lipinski definition) is 2. The van der Waals surface area contributed by atoms with E-state index in [4.69, 9.17) is 0 Å². The van der Waals surface area contributed by atoms with Gasteiger partial charge in [-0.05, 0) is 38.1 Å². The Morgan fingerprint density at radius 1 is 1.42 bits per heavy atom. The molecular weight excluding hydrogens is 150 g/mol. The molecule has 1 heterocycles. The third-order valence-corrected chi connectivity index (χ3v) is 4.14. The van der Waals surface area contributed by atoms with Gasteiger partial charge in [-0.1, -0.05) is 0 Å². The fraction of sp³-hybridized carbons (Fsp3) is 0.900. The Balaban J connectivity index is 2.02. The predicted octanol–water partition coefficient (Wildman–Crippen LogP) is 0.916. The highest BCUT2D eigenvalue weighted by molar-refractivity contribution is 5.88. The fourth-order valence-corrected chi connectivity index (χ4v) is 3.65. The van der Waals surface area contributed by atoms with E-state index in [2.05, 4.69) is 11.9 Å². The summed E-state index contributed by atoms with van der Waals surface area (Å²) in [5.74, 6) is 2.58. The van der Waals surface area contributed by atoms with Crippen LogP contribution in [0, 0.1) is 17.8 Å². The zero-order valence-electron chi connectivity index (χ0n) is 7.49. The molecule has 0 aromatic heterocycles. The summed E-state index contributed by atoms with van der Waals surface area (Å²) in [4.78, 5) is 14.1. The summed E-state index contributed by atoms with van der Waals surface area (Å²) in [5.41, 5.74) is 0. The third-order valence-electron chi connectivity index (χ3n) is 4.14. The molecule has 0 aromatic carbocycles. The van der Waals surface area contributed by atoms with E-state index in [1.807, 2.05) is 0 Å². The highest BCUT2D eigenvalue weighted by atomic mass is 16.1. The molecule has 4 fully saturated rings. The van der Waals surface area contributed by atoms with Gasteiger partial charge in [-0.25, -0.2) is 0 Å². The molecule has 4 aliphatic rings. The Kier molecular flexibility index (Phi) is 1.24. The summed E-state index contributed by atoms with van der Waals surface area (Å²) in [6.07, 6.45) is 3.70. The number of Topliss-reactive ketones (excluding diaryl/α,β-unsaturated/α-hetero) is 1. The highest BCUT2D eigenvalue weighted by Gasteiger charge is 2.53. The second kappa shape index (κ2) is 2.11. The zero-order chi connectivity index (χ0) is 8.29. The Labute approximate surface area is 72.9 Å². The van der Waals surface area contributed by atoms with E-state index in [-0.39, 0.29) is 0 Å². The van der Waals surface area contributed by atoms with Crippen molar-refractivity contribution >= 4 is 5.78 Å². The molecule has 4 bridgehead atoms. The van der Waals surface area contributed by atoms with E-state index in [1.165, 1.54) is 25.8 Å². The number of carbonyl (C=O) groups is 1. The molecule has 12 heavy (non-hydrogen) atoms. The van der Waals surface area contributed by atoms with Crippen LogP contribution in [0.4, 0.5) is 0 Å². The third kappa shape index (κ3) is 0.674. The van der Waals surface area contributed by atoms with E-state index in [9.17, 15) is 4.79 Å². The molecule has 3 aliphatic carbocycles. The first kappa shape index (κ1) is 7.07. The van der Waals surface area contributed by atoms with Gasteiger partial charge in [0, 0.05) is 12.5 Å². The van der Waals surface area contributed by atoms with Crippen molar-refractivity contribution in [2.45, 2.75) is 25.3 Å². The van der Waals surface area contributed by atoms with Crippen molar-refractivity contribution in [1.82, 2.24) is 4.90 Å². The van der Waals surface area contributed by atoms with E-state index in [0.717, 1.165) is 11.8 Å². The van der Waals surface area contributed by atoms with Gasteiger partial charge in [0.2, 0.25) is 0 Å². The number of carbonyl (C=O) groups excluding carboxylic acids is 1. The lowest BCUT2D eigenvalue weighted by atomic mass is 9.64. The van der Waals surface area contributed by atoms with Gasteiger partial charge >= 0.3 is 0 Å². The Morgan fingerprint density at radius 2 is 2.25 bits per heavy atom. The Bertz CT molecular complexity index is 238. The van der Waals surface area contributed by atoms with Crippen molar-refractivity contribution in [1.29, 1.82) is 0 Å². The van der Waals surface area contributed by atoms with Gasteiger partial charge in [-0.15, -0.1) is 0 Å². The number of likely N-dealkylation sites (N-methyl/N-ethyl adjacent to an activating group) is 1. The van der Waals surface area contributed by atoms with Crippen molar-refractivity contribution in [2.24, 2.45) is 17.8 Å². The van der Waals surface area contributed by atoms with E-state index in [1.54, 1.807) is 0 Å². The van der Waals surface area contributed by atoms with E-state index >= 15 is 0 Å². The first-order chi connectivity index (χ1) is 5.77. The summed E-state index contributed by atoms with van der Waals surface area (Å²) < 4.78 is 0. The number of ketones is 1. The summed E-state index contributed by atoms with van der Waals surface area (Å²) in [6, 6.07) is 0.322. The molecule has 2 nitrogen and oxygen atoms in total. The van der Waals surface area contributed by atoms with Crippen LogP contribution in [0.1, 0.15) is 19.3 Å². The van der Waals surface area contributed by atoms with Gasteiger partial charge in [0.15, 0.2) is 5.78 Å². The van der Waals surface area contributed by atoms with Crippen LogP contribution in [0.15, 0.2) is 0 Å². The van der Waals surface area contributed by atoms with Crippen LogP contribution < -0.4 is 0 Å². The zero-order valence-corrected chi connectivity index (χ0v) is 7.49. The van der Waals surface area contributed by atoms with Crippen molar-refractivity contribution in [3.63, 3.8) is 0 Å². The van der Waals surface area contributed by atoms with Crippen molar-refractivity contribution in [3.05, 3.63) is 0 Å². The maximum atomic E-state index is 11.8. The minimum absolute atomic E-state index is 0.322. The number of likely N-dealkylation sites (tertiary alicyclic amines) is 1. The lowest BCUT2D eigenvalue weighted by Crippen LogP contribution is -2.48. The maximum absolute atomic E-state index is 11.8. The molecule has 66 valence electrons. The maximum Gasteiger partial charge on any atom is 0.153 e.